The van der Waals surface area contributed by atoms with Crippen molar-refractivity contribution < 1.29 is 67.0 Å². The van der Waals surface area contributed by atoms with Crippen molar-refractivity contribution in [2.24, 2.45) is 10.7 Å². The molecule has 0 amide bonds. The molecule has 0 saturated carbocycles. The fourth-order valence-electron chi connectivity index (χ4n) is 6.21. The summed E-state index contributed by atoms with van der Waals surface area (Å²) in [5, 5.41) is 26.3. The first-order valence-corrected chi connectivity index (χ1v) is 28.4. The van der Waals surface area contributed by atoms with Gasteiger partial charge in [0.2, 0.25) is 0 Å². The number of Topliss-reactive ketones (excluding diaryl/α,β-unsaturated/α-hetero) is 2. The van der Waals surface area contributed by atoms with E-state index in [4.69, 9.17) is 92.1 Å². The number of carbonyl (C=O) groups excluding carboxylic acids is 4. The number of aliphatic hydroxyl groups excluding tert-OH is 3. The number of alkyl halides is 4. The average molecular weight is 1260 g/mol. The number of nitrogen functional groups attached to an aromatic ring is 1. The number of carbonyl (C=O) groups is 4. The smallest absolute Gasteiger partial charge is 0.309 e. The number of morpholine rings is 2. The summed E-state index contributed by atoms with van der Waals surface area (Å²) in [5.41, 5.74) is 14.4. The summed E-state index contributed by atoms with van der Waals surface area (Å²) in [4.78, 5) is 49.7. The Balaban J connectivity index is 0.000000942. The maximum atomic E-state index is 14.0. The molecule has 82 heavy (non-hydrogen) atoms. The van der Waals surface area contributed by atoms with Gasteiger partial charge in [0.15, 0.2) is 0 Å². The van der Waals surface area contributed by atoms with Crippen molar-refractivity contribution in [2.75, 3.05) is 125 Å². The molecule has 4 aromatic rings. The summed E-state index contributed by atoms with van der Waals surface area (Å²) >= 11 is 21.1. The Labute approximate surface area is 507 Å². The van der Waals surface area contributed by atoms with E-state index in [-0.39, 0.29) is 72.2 Å². The fourth-order valence-corrected chi connectivity index (χ4v) is 6.77. The molecular weight excluding hydrogens is 1170 g/mol. The quantitative estimate of drug-likeness (QED) is 0.0148. The van der Waals surface area contributed by atoms with Crippen LogP contribution in [0.1, 0.15) is 61.0 Å². The molecule has 0 aliphatic carbocycles. The van der Waals surface area contributed by atoms with E-state index in [1.165, 1.54) is 26.2 Å². The molecule has 5 atom stereocenters. The van der Waals surface area contributed by atoms with Gasteiger partial charge in [0.25, 0.3) is 0 Å². The monoisotopic (exact) mass is 1250 g/mol. The van der Waals surface area contributed by atoms with Crippen LogP contribution in [0.5, 0.6) is 0 Å². The number of benzene rings is 4. The summed E-state index contributed by atoms with van der Waals surface area (Å²) < 4.78 is 52.0. The zero-order valence-electron chi connectivity index (χ0n) is 46.8. The maximum absolute atomic E-state index is 14.0. The number of rotatable bonds is 19. The molecule has 8 rings (SSSR count). The van der Waals surface area contributed by atoms with Gasteiger partial charge in [-0.1, -0.05) is 66.7 Å². The number of hydrogen-bond acceptors (Lipinski definition) is 17. The zero-order chi connectivity index (χ0) is 60.2. The van der Waals surface area contributed by atoms with Crippen LogP contribution in [0.15, 0.2) is 102 Å². The molecule has 17 nitrogen and oxygen atoms in total. The van der Waals surface area contributed by atoms with Gasteiger partial charge in [-0.3, -0.25) is 14.6 Å². The molecule has 0 unspecified atom stereocenters. The van der Waals surface area contributed by atoms with Crippen molar-refractivity contribution in [1.82, 2.24) is 0 Å². The Kier molecular flexibility index (Phi) is 46.0. The van der Waals surface area contributed by atoms with Gasteiger partial charge >= 0.3 is 5.97 Å². The fraction of sp³-hybridized carbons (Fsp3) is 0.500. The number of aliphatic hydroxyl groups is 3. The van der Waals surface area contributed by atoms with Crippen molar-refractivity contribution in [3.05, 3.63) is 125 Å². The Morgan fingerprint density at radius 3 is 1.55 bits per heavy atom. The lowest BCUT2D eigenvalue weighted by atomic mass is 10.1. The first kappa shape index (κ1) is 77.4. The number of ether oxygens (including phenoxy) is 5. The van der Waals surface area contributed by atoms with Crippen molar-refractivity contribution in [3.8, 4) is 0 Å². The normalized spacial score (nSPS) is 16.4. The zero-order valence-corrected chi connectivity index (χ0v) is 50.7. The van der Waals surface area contributed by atoms with Crippen LogP contribution in [0.3, 0.4) is 0 Å². The second kappa shape index (κ2) is 48.8. The molecule has 4 aromatic carbocycles. The van der Waals surface area contributed by atoms with E-state index >= 15 is 0 Å². The van der Waals surface area contributed by atoms with E-state index in [9.17, 15) is 28.0 Å². The molecule has 460 valence electrons. The predicted octanol–water partition coefficient (Wildman–Crippen LogP) is 8.13. The molecule has 4 aliphatic heterocycles. The van der Waals surface area contributed by atoms with Gasteiger partial charge in [-0.05, 0) is 68.1 Å². The molecular formula is C58H82Cl5F2N5O12. The number of nitrogens with two attached hydrogens (primary N) is 2. The number of methoxy groups -OCH3 is 1. The Morgan fingerprint density at radius 2 is 1.18 bits per heavy atom. The number of anilines is 3. The third-order valence-corrected chi connectivity index (χ3v) is 12.4. The SMILES string of the molecule is CC(=O)CC[C@H](O)CCl.CC(=O)CC[C@H]1CO1.COC(=O)Cc1ccc(N2CCOCC2)c(F)c1.Cl.ClC[C@@H]1CO1.NC[C@H](O)CCl.Nc1ccc(N2CCOCC2)c(F)c1.O=Cc1ccccc1.O[C@H](CCl)CN=Cc1ccccc1. The molecule has 0 aromatic heterocycles. The van der Waals surface area contributed by atoms with E-state index in [1.54, 1.807) is 49.5 Å². The van der Waals surface area contributed by atoms with Crippen LogP contribution in [0, 0.1) is 11.6 Å². The number of aliphatic imine (C=N–C) groups is 1. The van der Waals surface area contributed by atoms with Gasteiger partial charge in [0.1, 0.15) is 29.5 Å². The van der Waals surface area contributed by atoms with Crippen LogP contribution in [0.25, 0.3) is 0 Å². The van der Waals surface area contributed by atoms with E-state index in [0.29, 0.717) is 106 Å². The number of halogens is 7. The largest absolute Gasteiger partial charge is 0.469 e. The first-order chi connectivity index (χ1) is 38.9. The molecule has 0 spiro atoms. The van der Waals surface area contributed by atoms with E-state index in [0.717, 1.165) is 50.1 Å². The molecule has 4 heterocycles. The van der Waals surface area contributed by atoms with E-state index < -0.39 is 18.3 Å². The minimum atomic E-state index is -0.540. The van der Waals surface area contributed by atoms with Gasteiger partial charge in [-0.25, -0.2) is 8.78 Å². The molecule has 7 N–H and O–H groups in total. The van der Waals surface area contributed by atoms with Crippen LogP contribution >= 0.6 is 58.8 Å². The third kappa shape index (κ3) is 40.6. The number of hydrogen-bond donors (Lipinski definition) is 5. The third-order valence-electron chi connectivity index (χ3n) is 11.0. The van der Waals surface area contributed by atoms with Gasteiger partial charge < -0.3 is 69.9 Å². The Bertz CT molecular complexity index is 2320. The van der Waals surface area contributed by atoms with Gasteiger partial charge in [-0.2, -0.15) is 0 Å². The van der Waals surface area contributed by atoms with Gasteiger partial charge in [-0.15, -0.1) is 58.8 Å². The molecule has 0 radical (unpaired) electrons. The molecule has 4 saturated heterocycles. The molecule has 24 heteroatoms. The first-order valence-electron chi connectivity index (χ1n) is 26.2. The van der Waals surface area contributed by atoms with Crippen LogP contribution in [-0.2, 0) is 44.5 Å². The molecule has 4 aliphatic rings. The topological polar surface area (TPSA) is 253 Å². The summed E-state index contributed by atoms with van der Waals surface area (Å²) in [6, 6.07) is 28.5. The van der Waals surface area contributed by atoms with E-state index in [1.807, 2.05) is 58.3 Å². The highest BCUT2D eigenvalue weighted by atomic mass is 35.5. The lowest BCUT2D eigenvalue weighted by molar-refractivity contribution is -0.139. The van der Waals surface area contributed by atoms with E-state index in [2.05, 4.69) is 9.73 Å². The maximum Gasteiger partial charge on any atom is 0.309 e. The van der Waals surface area contributed by atoms with Crippen LogP contribution in [-0.4, -0.2) is 185 Å². The number of ketones is 2. The second-order valence-electron chi connectivity index (χ2n) is 18.1. The van der Waals surface area contributed by atoms with Crippen LogP contribution in [0.4, 0.5) is 25.8 Å². The standard InChI is InChI=1S/C13H16FNO3.C10H12ClNO.C10H13FN2O.C7H6O.C6H11ClO2.C6H10O2.C3H8ClNO.C3H5ClO.ClH/c1-17-13(16)9-10-2-3-12(11(14)8-10)15-4-6-18-7-5-15;11-6-10(13)8-12-7-9-4-2-1-3-5-9;11-9-7-8(12)1-2-10(9)13-3-5-14-6-4-13;8-6-7-4-2-1-3-5-7;1-5(8)2-3-6(9)4-7;1-5(7)2-3-6-4-8-6;4-1-3(6)2-5;4-1-3-2-5-3;/h2-3,8H,4-7,9H2,1H3;1-5,7,10,13H,6,8H2;1-2,7H,3-6,12H2;1-6H;6,9H,2-4H2,1H3;6H,2-4H2,1H3;3,6H,1-2,5H2;3H,1-2H2;1H/t;10-;;;2*6-;2*3-;/m.1..0011./s1. The number of epoxide rings is 2. The van der Waals surface area contributed by atoms with Crippen LogP contribution < -0.4 is 21.3 Å². The number of nitrogens with zero attached hydrogens (tertiary/aromatic N) is 3. The Morgan fingerprint density at radius 1 is 0.707 bits per heavy atom. The number of esters is 1. The lowest BCUT2D eigenvalue weighted by Gasteiger charge is -2.29. The average Bonchev–Trinajstić information content (AvgIpc) is 4.50. The highest BCUT2D eigenvalue weighted by Crippen LogP contribution is 2.23. The van der Waals surface area contributed by atoms with Crippen molar-refractivity contribution >= 4 is 106 Å². The van der Waals surface area contributed by atoms with Gasteiger partial charge in [0.05, 0.1) is 113 Å². The highest BCUT2D eigenvalue weighted by molar-refractivity contribution is 6.19. The summed E-state index contributed by atoms with van der Waals surface area (Å²) in [6.07, 6.45) is 4.42. The summed E-state index contributed by atoms with van der Waals surface area (Å²) in [6.45, 7) is 10.9. The van der Waals surface area contributed by atoms with Crippen molar-refractivity contribution in [2.45, 2.75) is 76.5 Å². The van der Waals surface area contributed by atoms with Crippen molar-refractivity contribution in [1.29, 1.82) is 0 Å². The van der Waals surface area contributed by atoms with Gasteiger partial charge in [0, 0.05) is 74.8 Å². The number of aldehydes is 1. The highest BCUT2D eigenvalue weighted by Gasteiger charge is 2.22. The summed E-state index contributed by atoms with van der Waals surface area (Å²) in [5.74, 6) is 0.772. The lowest BCUT2D eigenvalue weighted by Crippen LogP contribution is -2.36. The molecule has 4 fully saturated rings. The Hall–Kier alpha value is -4.58. The van der Waals surface area contributed by atoms with Crippen molar-refractivity contribution in [3.63, 3.8) is 0 Å². The minimum Gasteiger partial charge on any atom is -0.469 e. The molecule has 0 bridgehead atoms. The minimum absolute atomic E-state index is 0. The van der Waals surface area contributed by atoms with Crippen LogP contribution in [0.2, 0.25) is 0 Å². The second-order valence-corrected chi connectivity index (χ2v) is 19.3. The summed E-state index contributed by atoms with van der Waals surface area (Å²) in [7, 11) is 1.32. The predicted molar refractivity (Wildman–Crippen MR) is 326 cm³/mol.